The molecule has 0 unspecified atom stereocenters. The van der Waals surface area contributed by atoms with Gasteiger partial charge in [0.25, 0.3) is 5.91 Å². The minimum absolute atomic E-state index is 0.0362. The Bertz CT molecular complexity index is 1100. The van der Waals surface area contributed by atoms with Gasteiger partial charge in [-0.2, -0.15) is 13.2 Å². The Hall–Kier alpha value is -3.38. The number of ether oxygens (including phenoxy) is 4. The van der Waals surface area contributed by atoms with Crippen LogP contribution in [-0.2, 0) is 31.6 Å². The first-order valence-electron chi connectivity index (χ1n) is 12.1. The lowest BCUT2D eigenvalue weighted by Crippen LogP contribution is -2.46. The molecule has 12 heteroatoms. The van der Waals surface area contributed by atoms with E-state index in [2.05, 4.69) is 10.3 Å². The number of alkyl halides is 3. The Morgan fingerprint density at radius 1 is 1.21 bits per heavy atom. The minimum atomic E-state index is -4.44. The number of aromatic nitrogens is 1. The topological polar surface area (TPSA) is 116 Å². The van der Waals surface area contributed by atoms with Gasteiger partial charge in [-0.25, -0.2) is 9.78 Å². The molecular formula is C26H31F3N2O7. The molecule has 38 heavy (non-hydrogen) atoms. The van der Waals surface area contributed by atoms with Crippen LogP contribution in [0.15, 0.2) is 36.5 Å². The second-order valence-corrected chi connectivity index (χ2v) is 8.91. The van der Waals surface area contributed by atoms with E-state index in [0.29, 0.717) is 25.0 Å². The summed E-state index contributed by atoms with van der Waals surface area (Å²) in [5.41, 5.74) is -0.448. The number of rotatable bonds is 8. The molecule has 0 bridgehead atoms. The van der Waals surface area contributed by atoms with Gasteiger partial charge < -0.3 is 29.4 Å². The molecule has 1 aromatic heterocycles. The van der Waals surface area contributed by atoms with Crippen LogP contribution in [0.1, 0.15) is 41.9 Å². The minimum Gasteiger partial charge on any atom is -0.503 e. The van der Waals surface area contributed by atoms with Crippen LogP contribution < -0.4 is 10.1 Å². The van der Waals surface area contributed by atoms with E-state index in [9.17, 15) is 27.9 Å². The maximum Gasteiger partial charge on any atom is 0.416 e. The van der Waals surface area contributed by atoms with Gasteiger partial charge in [-0.15, -0.1) is 0 Å². The Balaban J connectivity index is 1.78. The lowest BCUT2D eigenvalue weighted by Gasteiger charge is -2.30. The van der Waals surface area contributed by atoms with E-state index in [1.807, 2.05) is 6.92 Å². The van der Waals surface area contributed by atoms with Crippen LogP contribution in [0.5, 0.6) is 11.5 Å². The summed E-state index contributed by atoms with van der Waals surface area (Å²) in [7, 11) is 1.32. The van der Waals surface area contributed by atoms with E-state index in [-0.39, 0.29) is 30.6 Å². The number of halogens is 3. The first-order chi connectivity index (χ1) is 18.0. The molecule has 0 spiro atoms. The summed E-state index contributed by atoms with van der Waals surface area (Å²) in [5.74, 6) is -2.41. The highest BCUT2D eigenvalue weighted by atomic mass is 19.4. The summed E-state index contributed by atoms with van der Waals surface area (Å²) in [5, 5.41) is 12.7. The van der Waals surface area contributed by atoms with Crippen LogP contribution in [0.25, 0.3) is 0 Å². The normalized spacial score (nSPS) is 22.5. The van der Waals surface area contributed by atoms with Gasteiger partial charge in [-0.1, -0.05) is 19.1 Å². The third-order valence-electron chi connectivity index (χ3n) is 6.05. The van der Waals surface area contributed by atoms with Gasteiger partial charge in [-0.3, -0.25) is 4.79 Å². The highest BCUT2D eigenvalue weighted by Gasteiger charge is 2.36. The lowest BCUT2D eigenvalue weighted by molar-refractivity contribution is -0.160. The second kappa shape index (κ2) is 12.9. The van der Waals surface area contributed by atoms with Gasteiger partial charge in [0, 0.05) is 24.8 Å². The number of esters is 1. The average molecular weight is 541 g/mol. The number of benzene rings is 1. The Morgan fingerprint density at radius 3 is 2.55 bits per heavy atom. The van der Waals surface area contributed by atoms with Gasteiger partial charge in [0.1, 0.15) is 6.10 Å². The van der Waals surface area contributed by atoms with Crippen LogP contribution in [0.4, 0.5) is 13.2 Å². The number of nitrogens with one attached hydrogen (secondary N) is 1. The van der Waals surface area contributed by atoms with Crippen molar-refractivity contribution >= 4 is 11.9 Å². The molecule has 2 N–H and O–H groups in total. The number of carbonyl (C=O) groups is 2. The predicted octanol–water partition coefficient (Wildman–Crippen LogP) is 3.53. The van der Waals surface area contributed by atoms with Crippen molar-refractivity contribution < 1.29 is 46.8 Å². The summed E-state index contributed by atoms with van der Waals surface area (Å²) < 4.78 is 61.3. The third kappa shape index (κ3) is 7.35. The standard InChI is InChI=1S/C26H31F3N2O7/c1-4-11-37-23-15(2)38-25(34)19(31-24(33)21-22(32)20(35-3)9-10-30-21)14-36-13-17(23)12-16-5-7-18(8-6-16)26(27,28)29/h5-10,15,17,19,23,32H,4,11-14H2,1-3H3,(H,31,33)/t15-,17-,19-,23-/m0/s1. The van der Waals surface area contributed by atoms with Crippen molar-refractivity contribution in [3.8, 4) is 11.5 Å². The molecule has 1 aliphatic heterocycles. The van der Waals surface area contributed by atoms with Gasteiger partial charge in [0.05, 0.1) is 32.0 Å². The van der Waals surface area contributed by atoms with E-state index >= 15 is 0 Å². The van der Waals surface area contributed by atoms with E-state index < -0.39 is 47.6 Å². The first kappa shape index (κ1) is 29.2. The summed E-state index contributed by atoms with van der Waals surface area (Å²) >= 11 is 0. The van der Waals surface area contributed by atoms with Crippen molar-refractivity contribution in [1.29, 1.82) is 0 Å². The zero-order chi connectivity index (χ0) is 27.9. The number of amides is 1. The fourth-order valence-electron chi connectivity index (χ4n) is 4.14. The summed E-state index contributed by atoms with van der Waals surface area (Å²) in [6.45, 7) is 3.78. The SMILES string of the molecule is CCCO[C@@H]1[C@@H](Cc2ccc(C(F)(F)F)cc2)COC[C@H](NC(=O)c2nccc(OC)c2O)C(=O)O[C@H]1C. The second-order valence-electron chi connectivity index (χ2n) is 8.91. The smallest absolute Gasteiger partial charge is 0.416 e. The van der Waals surface area contributed by atoms with Gasteiger partial charge in [0.2, 0.25) is 0 Å². The van der Waals surface area contributed by atoms with Crippen LogP contribution in [0.3, 0.4) is 0 Å². The molecule has 208 valence electrons. The zero-order valence-electron chi connectivity index (χ0n) is 21.3. The quantitative estimate of drug-likeness (QED) is 0.489. The van der Waals surface area contributed by atoms with Crippen molar-refractivity contribution in [2.75, 3.05) is 26.9 Å². The predicted molar refractivity (Wildman–Crippen MR) is 129 cm³/mol. The van der Waals surface area contributed by atoms with E-state index in [0.717, 1.165) is 12.1 Å². The maximum atomic E-state index is 13.0. The highest BCUT2D eigenvalue weighted by Crippen LogP contribution is 2.30. The number of carbonyl (C=O) groups excluding carboxylic acids is 2. The molecule has 9 nitrogen and oxygen atoms in total. The molecule has 4 atom stereocenters. The number of hydrogen-bond acceptors (Lipinski definition) is 8. The van der Waals surface area contributed by atoms with Gasteiger partial charge in [0.15, 0.2) is 23.2 Å². The largest absolute Gasteiger partial charge is 0.503 e. The first-order valence-corrected chi connectivity index (χ1v) is 12.1. The molecule has 2 heterocycles. The molecular weight excluding hydrogens is 509 g/mol. The van der Waals surface area contributed by atoms with Gasteiger partial charge in [-0.05, 0) is 37.5 Å². The summed E-state index contributed by atoms with van der Waals surface area (Å²) in [6, 6.07) is 5.00. The van der Waals surface area contributed by atoms with Gasteiger partial charge >= 0.3 is 12.1 Å². The van der Waals surface area contributed by atoms with Crippen molar-refractivity contribution in [2.24, 2.45) is 5.92 Å². The Labute approximate surface area is 218 Å². The number of hydrogen-bond donors (Lipinski definition) is 2. The van der Waals surface area contributed by atoms with Crippen molar-refractivity contribution in [1.82, 2.24) is 10.3 Å². The summed E-state index contributed by atoms with van der Waals surface area (Å²) in [4.78, 5) is 29.6. The molecule has 0 aliphatic carbocycles. The van der Waals surface area contributed by atoms with Crippen LogP contribution in [0.2, 0.25) is 0 Å². The molecule has 1 aliphatic rings. The number of aromatic hydroxyl groups is 1. The Kier molecular flexibility index (Phi) is 9.92. The van der Waals surface area contributed by atoms with Crippen molar-refractivity contribution in [3.63, 3.8) is 0 Å². The van der Waals surface area contributed by atoms with Crippen molar-refractivity contribution in [2.45, 2.75) is 51.1 Å². The molecule has 0 radical (unpaired) electrons. The number of pyridine rings is 1. The fourth-order valence-corrected chi connectivity index (χ4v) is 4.14. The number of nitrogens with zero attached hydrogens (tertiary/aromatic N) is 1. The Morgan fingerprint density at radius 2 is 1.92 bits per heavy atom. The van der Waals surface area contributed by atoms with E-state index in [1.165, 1.54) is 31.5 Å². The molecule has 2 aromatic rings. The fraction of sp³-hybridized carbons (Fsp3) is 0.500. The van der Waals surface area contributed by atoms with Crippen molar-refractivity contribution in [3.05, 3.63) is 53.3 Å². The van der Waals surface area contributed by atoms with Crippen LogP contribution in [-0.4, -0.2) is 67.1 Å². The van der Waals surface area contributed by atoms with Crippen LogP contribution >= 0.6 is 0 Å². The van der Waals surface area contributed by atoms with E-state index in [4.69, 9.17) is 18.9 Å². The number of cyclic esters (lactones) is 1. The van der Waals surface area contributed by atoms with Crippen LogP contribution in [0, 0.1) is 5.92 Å². The highest BCUT2D eigenvalue weighted by molar-refractivity contribution is 5.98. The molecule has 0 saturated carbocycles. The molecule has 1 aromatic carbocycles. The summed E-state index contributed by atoms with van der Waals surface area (Å²) in [6.07, 6.45) is -3.52. The van der Waals surface area contributed by atoms with E-state index in [1.54, 1.807) is 6.92 Å². The lowest BCUT2D eigenvalue weighted by atomic mass is 9.91. The molecule has 1 amide bonds. The average Bonchev–Trinajstić information content (AvgIpc) is 2.92. The molecule has 3 rings (SSSR count). The molecule has 1 saturated heterocycles. The third-order valence-corrected chi connectivity index (χ3v) is 6.05. The zero-order valence-corrected chi connectivity index (χ0v) is 21.3. The number of methoxy groups -OCH3 is 1. The monoisotopic (exact) mass is 540 g/mol. The maximum absolute atomic E-state index is 13.0. The molecule has 1 fully saturated rings.